The van der Waals surface area contributed by atoms with Gasteiger partial charge in [-0.2, -0.15) is 0 Å². The summed E-state index contributed by atoms with van der Waals surface area (Å²) in [5.74, 6) is 0.613. The molecule has 1 heteroatoms. The van der Waals surface area contributed by atoms with Gasteiger partial charge in [-0.25, -0.2) is 0 Å². The number of benzene rings is 2. The minimum atomic E-state index is 0.613. The molecule has 0 aliphatic carbocycles. The van der Waals surface area contributed by atoms with Gasteiger partial charge in [-0.1, -0.05) is 50.2 Å². The van der Waals surface area contributed by atoms with E-state index in [0.29, 0.717) is 5.92 Å². The first kappa shape index (κ1) is 12.6. The third kappa shape index (κ3) is 3.56. The largest absolute Gasteiger partial charge is 0.0587 e. The molecular formula is C16H17I. The molecule has 0 aromatic heterocycles. The van der Waals surface area contributed by atoms with E-state index in [9.17, 15) is 0 Å². The van der Waals surface area contributed by atoms with Crippen LogP contribution in [0.25, 0.3) is 0 Å². The summed E-state index contributed by atoms with van der Waals surface area (Å²) in [7, 11) is 0. The Morgan fingerprint density at radius 1 is 0.824 bits per heavy atom. The van der Waals surface area contributed by atoms with Gasteiger partial charge in [0.1, 0.15) is 0 Å². The molecule has 0 saturated heterocycles. The highest BCUT2D eigenvalue weighted by atomic mass is 127. The Bertz CT molecular complexity index is 466. The van der Waals surface area contributed by atoms with Crippen LogP contribution >= 0.6 is 22.6 Å². The van der Waals surface area contributed by atoms with E-state index in [2.05, 4.69) is 85.0 Å². The topological polar surface area (TPSA) is 0 Å². The number of rotatable bonds is 3. The Morgan fingerprint density at radius 2 is 1.29 bits per heavy atom. The highest BCUT2D eigenvalue weighted by Crippen LogP contribution is 2.17. The number of hydrogen-bond acceptors (Lipinski definition) is 0. The fourth-order valence-electron chi connectivity index (χ4n) is 1.86. The minimum absolute atomic E-state index is 0.613. The van der Waals surface area contributed by atoms with Crippen LogP contribution in [-0.2, 0) is 6.42 Å². The van der Waals surface area contributed by atoms with Gasteiger partial charge in [-0.3, -0.25) is 0 Å². The predicted octanol–water partition coefficient (Wildman–Crippen LogP) is 5.01. The van der Waals surface area contributed by atoms with E-state index in [1.54, 1.807) is 0 Å². The Labute approximate surface area is 117 Å². The second kappa shape index (κ2) is 5.67. The van der Waals surface area contributed by atoms with E-state index >= 15 is 0 Å². The molecule has 88 valence electrons. The van der Waals surface area contributed by atoms with Crippen molar-refractivity contribution in [2.75, 3.05) is 0 Å². The first-order valence-electron chi connectivity index (χ1n) is 5.98. The van der Waals surface area contributed by atoms with Gasteiger partial charge in [0, 0.05) is 3.57 Å². The van der Waals surface area contributed by atoms with Crippen LogP contribution in [0.3, 0.4) is 0 Å². The van der Waals surface area contributed by atoms with Crippen molar-refractivity contribution in [3.05, 3.63) is 68.8 Å². The summed E-state index contributed by atoms with van der Waals surface area (Å²) in [5, 5.41) is 0. The lowest BCUT2D eigenvalue weighted by Gasteiger charge is -2.07. The third-order valence-corrected chi connectivity index (χ3v) is 3.69. The Balaban J connectivity index is 2.11. The Kier molecular flexibility index (Phi) is 4.21. The van der Waals surface area contributed by atoms with Crippen LogP contribution in [0.4, 0.5) is 0 Å². The zero-order valence-electron chi connectivity index (χ0n) is 10.3. The highest BCUT2D eigenvalue weighted by molar-refractivity contribution is 14.1. The van der Waals surface area contributed by atoms with Crippen LogP contribution < -0.4 is 0 Å². The van der Waals surface area contributed by atoms with Crippen LogP contribution in [-0.4, -0.2) is 0 Å². The van der Waals surface area contributed by atoms with Gasteiger partial charge in [-0.05, 0) is 63.8 Å². The summed E-state index contributed by atoms with van der Waals surface area (Å²) in [5.41, 5.74) is 4.18. The molecule has 2 aromatic rings. The zero-order chi connectivity index (χ0) is 12.3. The molecule has 0 radical (unpaired) electrons. The number of hydrogen-bond donors (Lipinski definition) is 0. The quantitative estimate of drug-likeness (QED) is 0.692. The predicted molar refractivity (Wildman–Crippen MR) is 82.5 cm³/mol. The Morgan fingerprint density at radius 3 is 1.76 bits per heavy atom. The molecule has 2 aromatic carbocycles. The SMILES string of the molecule is CC(C)c1ccc(Cc2ccc(I)cc2)cc1. The van der Waals surface area contributed by atoms with Crippen LogP contribution in [0.2, 0.25) is 0 Å². The van der Waals surface area contributed by atoms with E-state index in [1.807, 2.05) is 0 Å². The summed E-state index contributed by atoms with van der Waals surface area (Å²) >= 11 is 2.34. The van der Waals surface area contributed by atoms with Gasteiger partial charge in [0.25, 0.3) is 0 Å². The van der Waals surface area contributed by atoms with Crippen LogP contribution in [0, 0.1) is 3.57 Å². The monoisotopic (exact) mass is 336 g/mol. The maximum Gasteiger partial charge on any atom is 0.0130 e. The summed E-state index contributed by atoms with van der Waals surface area (Å²) in [6.45, 7) is 4.46. The van der Waals surface area contributed by atoms with E-state index < -0.39 is 0 Å². The molecule has 0 amide bonds. The van der Waals surface area contributed by atoms with Crippen LogP contribution in [0.15, 0.2) is 48.5 Å². The first-order chi connectivity index (χ1) is 8.15. The maximum absolute atomic E-state index is 2.34. The van der Waals surface area contributed by atoms with Crippen molar-refractivity contribution in [2.24, 2.45) is 0 Å². The summed E-state index contributed by atoms with van der Waals surface area (Å²) in [6, 6.07) is 17.7. The van der Waals surface area contributed by atoms with Crippen LogP contribution in [0.5, 0.6) is 0 Å². The second-order valence-electron chi connectivity index (χ2n) is 4.70. The van der Waals surface area contributed by atoms with Crippen molar-refractivity contribution in [3.8, 4) is 0 Å². The van der Waals surface area contributed by atoms with Crippen molar-refractivity contribution in [1.29, 1.82) is 0 Å². The molecule has 0 N–H and O–H groups in total. The van der Waals surface area contributed by atoms with Crippen molar-refractivity contribution in [1.82, 2.24) is 0 Å². The van der Waals surface area contributed by atoms with Gasteiger partial charge in [0.05, 0.1) is 0 Å². The average molecular weight is 336 g/mol. The van der Waals surface area contributed by atoms with Crippen molar-refractivity contribution < 1.29 is 0 Å². The Hall–Kier alpha value is -0.830. The summed E-state index contributed by atoms with van der Waals surface area (Å²) < 4.78 is 1.29. The zero-order valence-corrected chi connectivity index (χ0v) is 12.4. The average Bonchev–Trinajstić information content (AvgIpc) is 2.33. The van der Waals surface area contributed by atoms with E-state index in [0.717, 1.165) is 6.42 Å². The molecular weight excluding hydrogens is 319 g/mol. The summed E-state index contributed by atoms with van der Waals surface area (Å²) in [6.07, 6.45) is 1.02. The molecule has 17 heavy (non-hydrogen) atoms. The van der Waals surface area contributed by atoms with Crippen molar-refractivity contribution >= 4 is 22.6 Å². The molecule has 0 unspecified atom stereocenters. The molecule has 0 aliphatic heterocycles. The maximum atomic E-state index is 2.34. The van der Waals surface area contributed by atoms with E-state index in [1.165, 1.54) is 20.3 Å². The van der Waals surface area contributed by atoms with Crippen molar-refractivity contribution in [3.63, 3.8) is 0 Å². The smallest absolute Gasteiger partial charge is 0.0130 e. The van der Waals surface area contributed by atoms with Crippen molar-refractivity contribution in [2.45, 2.75) is 26.2 Å². The second-order valence-corrected chi connectivity index (χ2v) is 5.95. The standard InChI is InChI=1S/C16H17I/c1-12(2)15-7-3-13(4-8-15)11-14-5-9-16(17)10-6-14/h3-10,12H,11H2,1-2H3. The van der Waals surface area contributed by atoms with Gasteiger partial charge >= 0.3 is 0 Å². The lowest BCUT2D eigenvalue weighted by molar-refractivity contribution is 0.865. The third-order valence-electron chi connectivity index (χ3n) is 2.97. The van der Waals surface area contributed by atoms with Gasteiger partial charge in [0.2, 0.25) is 0 Å². The molecule has 0 spiro atoms. The molecule has 0 heterocycles. The highest BCUT2D eigenvalue weighted by Gasteiger charge is 2.00. The lowest BCUT2D eigenvalue weighted by Crippen LogP contribution is -1.91. The fourth-order valence-corrected chi connectivity index (χ4v) is 2.22. The fraction of sp³-hybridized carbons (Fsp3) is 0.250. The van der Waals surface area contributed by atoms with Crippen LogP contribution in [0.1, 0.15) is 36.5 Å². The van der Waals surface area contributed by atoms with Gasteiger partial charge in [-0.15, -0.1) is 0 Å². The molecule has 0 aliphatic rings. The molecule has 0 bridgehead atoms. The van der Waals surface area contributed by atoms with E-state index in [4.69, 9.17) is 0 Å². The molecule has 0 saturated carbocycles. The molecule has 2 rings (SSSR count). The molecule has 0 atom stereocenters. The van der Waals surface area contributed by atoms with E-state index in [-0.39, 0.29) is 0 Å². The normalized spacial score (nSPS) is 10.8. The molecule has 0 fully saturated rings. The van der Waals surface area contributed by atoms with Gasteiger partial charge < -0.3 is 0 Å². The summed E-state index contributed by atoms with van der Waals surface area (Å²) in [4.78, 5) is 0. The van der Waals surface area contributed by atoms with Gasteiger partial charge in [0.15, 0.2) is 0 Å². The molecule has 0 nitrogen and oxygen atoms in total. The number of halogens is 1. The first-order valence-corrected chi connectivity index (χ1v) is 7.06. The lowest BCUT2D eigenvalue weighted by atomic mass is 9.99. The minimum Gasteiger partial charge on any atom is -0.0587 e.